The van der Waals surface area contributed by atoms with Gasteiger partial charge in [0, 0.05) is 10.5 Å². The van der Waals surface area contributed by atoms with Crippen molar-refractivity contribution < 1.29 is 4.79 Å². The second kappa shape index (κ2) is 8.58. The van der Waals surface area contributed by atoms with Crippen LogP contribution in [0, 0.1) is 0 Å². The molecule has 0 aromatic heterocycles. The third-order valence-corrected chi connectivity index (χ3v) is 5.82. The molecule has 0 aliphatic rings. The molecule has 0 spiro atoms. The Morgan fingerprint density at radius 3 is 1.93 bits per heavy atom. The van der Waals surface area contributed by atoms with Gasteiger partial charge in [0.25, 0.3) is 0 Å². The van der Waals surface area contributed by atoms with Crippen LogP contribution >= 0.6 is 11.8 Å². The highest BCUT2D eigenvalue weighted by Crippen LogP contribution is 2.31. The molecule has 1 unspecified atom stereocenters. The number of hydrogen-bond donors (Lipinski definition) is 0. The summed E-state index contributed by atoms with van der Waals surface area (Å²) in [5.41, 5.74) is 3.40. The van der Waals surface area contributed by atoms with E-state index in [1.165, 1.54) is 11.1 Å². The van der Waals surface area contributed by atoms with Crippen molar-refractivity contribution in [1.29, 1.82) is 0 Å². The van der Waals surface area contributed by atoms with E-state index in [9.17, 15) is 4.79 Å². The van der Waals surface area contributed by atoms with Gasteiger partial charge >= 0.3 is 0 Å². The van der Waals surface area contributed by atoms with Crippen LogP contribution in [0.1, 0.15) is 42.3 Å². The summed E-state index contributed by atoms with van der Waals surface area (Å²) in [7, 11) is 0. The van der Waals surface area contributed by atoms with Crippen LogP contribution in [0.4, 0.5) is 0 Å². The first kappa shape index (κ1) is 19.4. The number of ketones is 1. The molecule has 0 saturated heterocycles. The lowest BCUT2D eigenvalue weighted by molar-refractivity contribution is 0.0989. The van der Waals surface area contributed by atoms with E-state index in [-0.39, 0.29) is 16.4 Å². The van der Waals surface area contributed by atoms with Crippen molar-refractivity contribution in [3.63, 3.8) is 0 Å². The fourth-order valence-corrected chi connectivity index (χ4v) is 4.14. The highest BCUT2D eigenvalue weighted by Gasteiger charge is 2.22. The molecule has 138 valence electrons. The molecule has 0 radical (unpaired) electrons. The van der Waals surface area contributed by atoms with Crippen molar-refractivity contribution in [2.45, 2.75) is 42.8 Å². The number of rotatable bonds is 6. The number of carbonyl (C=O) groups excluding carboxylic acids is 1. The van der Waals surface area contributed by atoms with Crippen LogP contribution in [0.25, 0.3) is 0 Å². The molecular weight excluding hydrogens is 348 g/mol. The monoisotopic (exact) mass is 374 g/mol. The molecule has 0 aliphatic carbocycles. The van der Waals surface area contributed by atoms with Crippen molar-refractivity contribution in [3.05, 3.63) is 102 Å². The SMILES string of the molecule is CC(C)(C)c1ccc(SC(Cc2ccccc2)C(=O)c2ccccc2)cc1. The van der Waals surface area contributed by atoms with Gasteiger partial charge in [0.2, 0.25) is 0 Å². The van der Waals surface area contributed by atoms with E-state index in [1.54, 1.807) is 11.8 Å². The third-order valence-electron chi connectivity index (χ3n) is 4.61. The summed E-state index contributed by atoms with van der Waals surface area (Å²) >= 11 is 1.66. The van der Waals surface area contributed by atoms with Crippen LogP contribution < -0.4 is 0 Å². The lowest BCUT2D eigenvalue weighted by Gasteiger charge is -2.20. The Bertz CT molecular complexity index is 862. The molecule has 0 saturated carbocycles. The fourth-order valence-electron chi connectivity index (χ4n) is 3.00. The summed E-state index contributed by atoms with van der Waals surface area (Å²) in [4.78, 5) is 14.3. The second-order valence-electron chi connectivity index (χ2n) is 7.80. The van der Waals surface area contributed by atoms with Gasteiger partial charge in [-0.2, -0.15) is 0 Å². The van der Waals surface area contributed by atoms with Crippen LogP contribution in [0.2, 0.25) is 0 Å². The molecular formula is C25H26OS. The fraction of sp³-hybridized carbons (Fsp3) is 0.240. The molecule has 1 atom stereocenters. The molecule has 0 N–H and O–H groups in total. The first-order chi connectivity index (χ1) is 12.9. The predicted molar refractivity (Wildman–Crippen MR) is 116 cm³/mol. The van der Waals surface area contributed by atoms with Gasteiger partial charge in [0.05, 0.1) is 5.25 Å². The minimum Gasteiger partial charge on any atom is -0.293 e. The number of thioether (sulfide) groups is 1. The lowest BCUT2D eigenvalue weighted by Crippen LogP contribution is -2.20. The quantitative estimate of drug-likeness (QED) is 0.358. The minimum absolute atomic E-state index is 0.131. The average Bonchev–Trinajstić information content (AvgIpc) is 2.68. The van der Waals surface area contributed by atoms with Gasteiger partial charge in [-0.25, -0.2) is 0 Å². The summed E-state index contributed by atoms with van der Waals surface area (Å²) < 4.78 is 0. The van der Waals surface area contributed by atoms with Crippen LogP contribution in [0.15, 0.2) is 89.8 Å². The summed E-state index contributed by atoms with van der Waals surface area (Å²) in [6.45, 7) is 6.64. The standard InChI is InChI=1S/C25H26OS/c1-25(2,3)21-14-16-22(17-15-21)27-23(18-19-10-6-4-7-11-19)24(26)20-12-8-5-9-13-20/h4-17,23H,18H2,1-3H3. The molecule has 27 heavy (non-hydrogen) atoms. The van der Waals surface area contributed by atoms with Gasteiger partial charge < -0.3 is 0 Å². The zero-order valence-corrected chi connectivity index (χ0v) is 17.0. The van der Waals surface area contributed by atoms with Gasteiger partial charge in [-0.1, -0.05) is 93.6 Å². The Labute approximate surface area is 166 Å². The average molecular weight is 375 g/mol. The van der Waals surface area contributed by atoms with E-state index >= 15 is 0 Å². The van der Waals surface area contributed by atoms with Crippen LogP contribution in [-0.4, -0.2) is 11.0 Å². The molecule has 0 bridgehead atoms. The number of carbonyl (C=O) groups is 1. The van der Waals surface area contributed by atoms with Gasteiger partial charge in [0.15, 0.2) is 5.78 Å². The molecule has 3 rings (SSSR count). The van der Waals surface area contributed by atoms with Gasteiger partial charge in [-0.05, 0) is 35.1 Å². The van der Waals surface area contributed by atoms with Gasteiger partial charge in [-0.3, -0.25) is 4.79 Å². The number of benzene rings is 3. The molecule has 0 amide bonds. The minimum atomic E-state index is -0.143. The Balaban J connectivity index is 1.84. The highest BCUT2D eigenvalue weighted by atomic mass is 32.2. The summed E-state index contributed by atoms with van der Waals surface area (Å²) in [6, 6.07) is 28.5. The Hall–Kier alpha value is -2.32. The van der Waals surface area contributed by atoms with Crippen molar-refractivity contribution in [2.75, 3.05) is 0 Å². The molecule has 2 heteroatoms. The van der Waals surface area contributed by atoms with E-state index in [0.29, 0.717) is 0 Å². The van der Waals surface area contributed by atoms with Crippen molar-refractivity contribution in [2.24, 2.45) is 0 Å². The van der Waals surface area contributed by atoms with Crippen molar-refractivity contribution >= 4 is 17.5 Å². The first-order valence-electron chi connectivity index (χ1n) is 9.34. The zero-order chi connectivity index (χ0) is 19.3. The molecule has 1 nitrogen and oxygen atoms in total. The molecule has 0 aliphatic heterocycles. The Morgan fingerprint density at radius 2 is 1.37 bits per heavy atom. The van der Waals surface area contributed by atoms with Crippen LogP contribution in [0.5, 0.6) is 0 Å². The van der Waals surface area contributed by atoms with Crippen molar-refractivity contribution in [1.82, 2.24) is 0 Å². The molecule has 3 aromatic carbocycles. The largest absolute Gasteiger partial charge is 0.293 e. The number of hydrogen-bond acceptors (Lipinski definition) is 2. The normalized spacial score (nSPS) is 12.6. The molecule has 3 aromatic rings. The third kappa shape index (κ3) is 5.33. The van der Waals surface area contributed by atoms with E-state index in [0.717, 1.165) is 16.9 Å². The van der Waals surface area contributed by atoms with Crippen LogP contribution in [-0.2, 0) is 11.8 Å². The Kier molecular flexibility index (Phi) is 6.18. The van der Waals surface area contributed by atoms with E-state index < -0.39 is 0 Å². The van der Waals surface area contributed by atoms with E-state index in [1.807, 2.05) is 48.5 Å². The van der Waals surface area contributed by atoms with E-state index in [4.69, 9.17) is 0 Å². The maximum absolute atomic E-state index is 13.2. The van der Waals surface area contributed by atoms with Crippen LogP contribution in [0.3, 0.4) is 0 Å². The lowest BCUT2D eigenvalue weighted by atomic mass is 9.87. The van der Waals surface area contributed by atoms with Gasteiger partial charge in [0.1, 0.15) is 0 Å². The summed E-state index contributed by atoms with van der Waals surface area (Å²) in [5, 5.41) is -0.143. The molecule has 0 fully saturated rings. The highest BCUT2D eigenvalue weighted by molar-refractivity contribution is 8.00. The first-order valence-corrected chi connectivity index (χ1v) is 10.2. The smallest absolute Gasteiger partial charge is 0.176 e. The van der Waals surface area contributed by atoms with E-state index in [2.05, 4.69) is 57.2 Å². The maximum Gasteiger partial charge on any atom is 0.176 e. The molecule has 0 heterocycles. The zero-order valence-electron chi connectivity index (χ0n) is 16.2. The number of Topliss-reactive ketones (excluding diaryl/α,β-unsaturated/α-hetero) is 1. The summed E-state index contributed by atoms with van der Waals surface area (Å²) in [5.74, 6) is 0.185. The van der Waals surface area contributed by atoms with Gasteiger partial charge in [-0.15, -0.1) is 11.8 Å². The summed E-state index contributed by atoms with van der Waals surface area (Å²) in [6.07, 6.45) is 0.722. The predicted octanol–water partition coefficient (Wildman–Crippen LogP) is 6.57. The topological polar surface area (TPSA) is 17.1 Å². The second-order valence-corrected chi connectivity index (χ2v) is 9.08. The Morgan fingerprint density at radius 1 is 0.815 bits per heavy atom. The van der Waals surface area contributed by atoms with Crippen molar-refractivity contribution in [3.8, 4) is 0 Å². The maximum atomic E-state index is 13.2.